The lowest BCUT2D eigenvalue weighted by Crippen LogP contribution is -2.12. The first-order chi connectivity index (χ1) is 8.27. The van der Waals surface area contributed by atoms with E-state index < -0.39 is 0 Å². The van der Waals surface area contributed by atoms with Gasteiger partial charge in [0, 0.05) is 6.42 Å². The second-order valence-electron chi connectivity index (χ2n) is 4.14. The highest BCUT2D eigenvalue weighted by molar-refractivity contribution is 6.32. The number of nitrogens with zero attached hydrogens (tertiary/aromatic N) is 2. The van der Waals surface area contributed by atoms with Crippen LogP contribution in [0.3, 0.4) is 0 Å². The summed E-state index contributed by atoms with van der Waals surface area (Å²) >= 11 is 6.15. The maximum Gasteiger partial charge on any atom is 0.166 e. The molecule has 0 atom stereocenters. The minimum atomic E-state index is 0.185. The van der Waals surface area contributed by atoms with Gasteiger partial charge in [-0.05, 0) is 25.0 Å². The molecule has 0 N–H and O–H groups in total. The van der Waals surface area contributed by atoms with Crippen molar-refractivity contribution in [3.05, 3.63) is 46.7 Å². The molecule has 0 saturated heterocycles. The summed E-state index contributed by atoms with van der Waals surface area (Å²) in [5, 5.41) is 4.94. The van der Waals surface area contributed by atoms with Crippen LogP contribution in [0.15, 0.2) is 30.5 Å². The fraction of sp³-hybridized carbons (Fsp3) is 0.231. The molecule has 2 aromatic rings. The zero-order valence-corrected chi connectivity index (χ0v) is 9.94. The third-order valence-corrected chi connectivity index (χ3v) is 3.39. The number of para-hydroxylation sites is 1. The van der Waals surface area contributed by atoms with Gasteiger partial charge in [0.15, 0.2) is 5.78 Å². The van der Waals surface area contributed by atoms with Gasteiger partial charge in [-0.15, -0.1) is 0 Å². The summed E-state index contributed by atoms with van der Waals surface area (Å²) in [7, 11) is 0. The van der Waals surface area contributed by atoms with Crippen molar-refractivity contribution >= 4 is 17.4 Å². The van der Waals surface area contributed by atoms with Gasteiger partial charge in [0.05, 0.1) is 28.2 Å². The van der Waals surface area contributed by atoms with Crippen molar-refractivity contribution < 1.29 is 4.79 Å². The van der Waals surface area contributed by atoms with Gasteiger partial charge in [0.2, 0.25) is 0 Å². The van der Waals surface area contributed by atoms with E-state index in [9.17, 15) is 4.79 Å². The molecule has 0 aliphatic heterocycles. The Labute approximate surface area is 104 Å². The van der Waals surface area contributed by atoms with Crippen LogP contribution in [0.5, 0.6) is 0 Å². The van der Waals surface area contributed by atoms with Crippen molar-refractivity contribution in [2.45, 2.75) is 19.3 Å². The molecule has 0 bridgehead atoms. The number of ketones is 1. The molecule has 0 radical (unpaired) electrons. The van der Waals surface area contributed by atoms with Crippen LogP contribution in [0.4, 0.5) is 0 Å². The summed E-state index contributed by atoms with van der Waals surface area (Å²) in [6.45, 7) is 0. The molecular weight excluding hydrogens is 236 g/mol. The minimum absolute atomic E-state index is 0.185. The van der Waals surface area contributed by atoms with E-state index in [0.29, 0.717) is 11.4 Å². The number of benzene rings is 1. The van der Waals surface area contributed by atoms with Gasteiger partial charge < -0.3 is 0 Å². The molecule has 0 amide bonds. The van der Waals surface area contributed by atoms with E-state index in [1.165, 1.54) is 0 Å². The van der Waals surface area contributed by atoms with Crippen molar-refractivity contribution in [1.29, 1.82) is 0 Å². The molecule has 0 saturated carbocycles. The Morgan fingerprint density at radius 1 is 1.24 bits per heavy atom. The number of Topliss-reactive ketones (excluding diaryl/α,β-unsaturated/α-hetero) is 1. The zero-order chi connectivity index (χ0) is 11.8. The molecule has 3 rings (SSSR count). The Bertz CT molecular complexity index is 589. The second kappa shape index (κ2) is 4.00. The third-order valence-electron chi connectivity index (χ3n) is 3.07. The molecular formula is C13H11ClN2O. The number of carbonyl (C=O) groups is 1. The second-order valence-corrected chi connectivity index (χ2v) is 4.55. The van der Waals surface area contributed by atoms with Crippen LogP contribution >= 0.6 is 11.6 Å². The highest BCUT2D eigenvalue weighted by Gasteiger charge is 2.22. The Balaban J connectivity index is 2.17. The molecule has 1 aliphatic carbocycles. The number of halogens is 1. The number of aromatic nitrogens is 2. The highest BCUT2D eigenvalue weighted by atomic mass is 35.5. The number of rotatable bonds is 1. The Morgan fingerprint density at radius 3 is 2.88 bits per heavy atom. The monoisotopic (exact) mass is 246 g/mol. The summed E-state index contributed by atoms with van der Waals surface area (Å²) in [4.78, 5) is 11.7. The average molecular weight is 247 g/mol. The van der Waals surface area contributed by atoms with Gasteiger partial charge in [-0.3, -0.25) is 4.79 Å². The van der Waals surface area contributed by atoms with Crippen molar-refractivity contribution in [1.82, 2.24) is 9.78 Å². The third kappa shape index (κ3) is 1.67. The van der Waals surface area contributed by atoms with Gasteiger partial charge in [0.25, 0.3) is 0 Å². The number of hydrogen-bond donors (Lipinski definition) is 0. The van der Waals surface area contributed by atoms with Crippen LogP contribution in [-0.4, -0.2) is 15.6 Å². The van der Waals surface area contributed by atoms with Crippen LogP contribution in [-0.2, 0) is 6.42 Å². The lowest BCUT2D eigenvalue weighted by atomic mass is 9.97. The molecule has 17 heavy (non-hydrogen) atoms. The first kappa shape index (κ1) is 10.5. The molecule has 1 aromatic carbocycles. The van der Waals surface area contributed by atoms with Crippen molar-refractivity contribution in [3.8, 4) is 5.69 Å². The lowest BCUT2D eigenvalue weighted by Gasteiger charge is -2.13. The standard InChI is InChI=1S/C13H11ClN2O/c14-10-4-1-2-5-12(10)16-11-6-3-7-13(17)9(11)8-15-16/h1-2,4-5,8H,3,6-7H2. The van der Waals surface area contributed by atoms with Crippen molar-refractivity contribution in [2.24, 2.45) is 0 Å². The fourth-order valence-corrected chi connectivity index (χ4v) is 2.45. The van der Waals surface area contributed by atoms with E-state index in [2.05, 4.69) is 5.10 Å². The summed E-state index contributed by atoms with van der Waals surface area (Å²) < 4.78 is 1.79. The largest absolute Gasteiger partial charge is 0.294 e. The molecule has 1 aliphatic rings. The number of fused-ring (bicyclic) bond motifs is 1. The lowest BCUT2D eigenvalue weighted by molar-refractivity contribution is 0.0972. The molecule has 3 nitrogen and oxygen atoms in total. The first-order valence-corrected chi connectivity index (χ1v) is 6.00. The van der Waals surface area contributed by atoms with E-state index in [1.807, 2.05) is 24.3 Å². The van der Waals surface area contributed by atoms with Crippen LogP contribution < -0.4 is 0 Å². The maximum absolute atomic E-state index is 11.7. The van der Waals surface area contributed by atoms with E-state index in [4.69, 9.17) is 11.6 Å². The normalized spacial score (nSPS) is 14.8. The van der Waals surface area contributed by atoms with Crippen LogP contribution in [0.2, 0.25) is 5.02 Å². The van der Waals surface area contributed by atoms with E-state index in [0.717, 1.165) is 29.8 Å². The number of carbonyl (C=O) groups excluding carboxylic acids is 1. The van der Waals surface area contributed by atoms with Gasteiger partial charge in [-0.2, -0.15) is 5.10 Å². The van der Waals surface area contributed by atoms with Gasteiger partial charge >= 0.3 is 0 Å². The molecule has 0 fully saturated rings. The molecule has 0 unspecified atom stereocenters. The molecule has 86 valence electrons. The van der Waals surface area contributed by atoms with Gasteiger partial charge in [-0.25, -0.2) is 4.68 Å². The molecule has 1 aromatic heterocycles. The summed E-state index contributed by atoms with van der Waals surface area (Å²) in [6.07, 6.45) is 4.05. The Hall–Kier alpha value is -1.61. The predicted octanol–water partition coefficient (Wildman–Crippen LogP) is 3.04. The van der Waals surface area contributed by atoms with Crippen LogP contribution in [0.1, 0.15) is 28.9 Å². The minimum Gasteiger partial charge on any atom is -0.294 e. The smallest absolute Gasteiger partial charge is 0.166 e. The summed E-state index contributed by atoms with van der Waals surface area (Å²) in [5.74, 6) is 0.185. The highest BCUT2D eigenvalue weighted by Crippen LogP contribution is 2.26. The Kier molecular flexibility index (Phi) is 2.48. The first-order valence-electron chi connectivity index (χ1n) is 5.62. The maximum atomic E-state index is 11.7. The fourth-order valence-electron chi connectivity index (χ4n) is 2.23. The Morgan fingerprint density at radius 2 is 2.06 bits per heavy atom. The van der Waals surface area contributed by atoms with Crippen LogP contribution in [0.25, 0.3) is 5.69 Å². The van der Waals surface area contributed by atoms with Crippen molar-refractivity contribution in [2.75, 3.05) is 0 Å². The summed E-state index contributed by atoms with van der Waals surface area (Å²) in [6, 6.07) is 7.54. The van der Waals surface area contributed by atoms with E-state index >= 15 is 0 Å². The predicted molar refractivity (Wildman–Crippen MR) is 65.8 cm³/mol. The van der Waals surface area contributed by atoms with E-state index in [-0.39, 0.29) is 5.78 Å². The molecule has 1 heterocycles. The number of hydrogen-bond acceptors (Lipinski definition) is 2. The SMILES string of the molecule is O=C1CCCc2c1cnn2-c1ccccc1Cl. The van der Waals surface area contributed by atoms with Gasteiger partial charge in [0.1, 0.15) is 0 Å². The zero-order valence-electron chi connectivity index (χ0n) is 9.19. The van der Waals surface area contributed by atoms with Crippen LogP contribution in [0, 0.1) is 0 Å². The van der Waals surface area contributed by atoms with Gasteiger partial charge in [-0.1, -0.05) is 23.7 Å². The summed E-state index contributed by atoms with van der Waals surface area (Å²) in [5.41, 5.74) is 2.57. The molecule has 0 spiro atoms. The van der Waals surface area contributed by atoms with E-state index in [1.54, 1.807) is 10.9 Å². The quantitative estimate of drug-likeness (QED) is 0.775. The van der Waals surface area contributed by atoms with Crippen molar-refractivity contribution in [3.63, 3.8) is 0 Å². The molecule has 4 heteroatoms. The average Bonchev–Trinajstić information content (AvgIpc) is 2.75. The topological polar surface area (TPSA) is 34.9 Å².